The molecular formula is C20H22N2O2. The number of fused-ring (bicyclic) bond motifs is 1. The average molecular weight is 322 g/mol. The summed E-state index contributed by atoms with van der Waals surface area (Å²) in [7, 11) is 0. The molecular weight excluding hydrogens is 300 g/mol. The maximum atomic E-state index is 12.6. The molecule has 2 aromatic carbocycles. The van der Waals surface area contributed by atoms with Gasteiger partial charge >= 0.3 is 0 Å². The van der Waals surface area contributed by atoms with Gasteiger partial charge in [0.05, 0.1) is 0 Å². The molecule has 1 amide bonds. The normalized spacial score (nSPS) is 11.0. The number of aryl methyl sites for hydroxylation is 2. The molecule has 0 unspecified atom stereocenters. The number of carbonyl (C=O) groups is 1. The van der Waals surface area contributed by atoms with E-state index in [-0.39, 0.29) is 5.91 Å². The van der Waals surface area contributed by atoms with Crippen molar-refractivity contribution < 1.29 is 9.21 Å². The zero-order chi connectivity index (χ0) is 17.1. The van der Waals surface area contributed by atoms with Crippen molar-refractivity contribution in [3.8, 4) is 0 Å². The molecule has 3 aromatic rings. The molecule has 0 saturated heterocycles. The van der Waals surface area contributed by atoms with Crippen molar-refractivity contribution in [3.63, 3.8) is 0 Å². The topological polar surface area (TPSA) is 54.3 Å². The van der Waals surface area contributed by atoms with Gasteiger partial charge in [0.1, 0.15) is 5.58 Å². The quantitative estimate of drug-likeness (QED) is 0.731. The predicted octanol–water partition coefficient (Wildman–Crippen LogP) is 4.41. The Morgan fingerprint density at radius 3 is 2.67 bits per heavy atom. The van der Waals surface area contributed by atoms with Gasteiger partial charge in [-0.05, 0) is 43.7 Å². The molecule has 0 radical (unpaired) electrons. The predicted molar refractivity (Wildman–Crippen MR) is 97.5 cm³/mol. The summed E-state index contributed by atoms with van der Waals surface area (Å²) in [5.41, 5.74) is 4.58. The van der Waals surface area contributed by atoms with Crippen LogP contribution >= 0.6 is 0 Å². The molecule has 0 aliphatic rings. The van der Waals surface area contributed by atoms with Crippen LogP contribution in [0.2, 0.25) is 0 Å². The number of hydrogen-bond acceptors (Lipinski definition) is 3. The molecule has 4 heteroatoms. The van der Waals surface area contributed by atoms with Crippen molar-refractivity contribution >= 4 is 22.6 Å². The van der Waals surface area contributed by atoms with E-state index in [1.807, 2.05) is 56.3 Å². The van der Waals surface area contributed by atoms with Crippen molar-refractivity contribution in [2.45, 2.75) is 27.3 Å². The number of amides is 1. The molecule has 0 aliphatic heterocycles. The smallest absolute Gasteiger partial charge is 0.291 e. The Labute approximate surface area is 141 Å². The van der Waals surface area contributed by atoms with Crippen LogP contribution in [-0.4, -0.2) is 12.5 Å². The van der Waals surface area contributed by atoms with Crippen LogP contribution in [0.15, 0.2) is 46.9 Å². The molecule has 2 N–H and O–H groups in total. The van der Waals surface area contributed by atoms with Gasteiger partial charge in [0.2, 0.25) is 0 Å². The Hall–Kier alpha value is -2.59. The average Bonchev–Trinajstić information content (AvgIpc) is 2.92. The summed E-state index contributed by atoms with van der Waals surface area (Å²) >= 11 is 0. The molecule has 1 heterocycles. The van der Waals surface area contributed by atoms with E-state index in [0.717, 1.165) is 46.4 Å². The SMILES string of the molecule is CCNCc1cccc(NC(=O)c2oc3c(C)cccc3c2C)c1. The summed E-state index contributed by atoms with van der Waals surface area (Å²) in [6.07, 6.45) is 0. The van der Waals surface area contributed by atoms with Crippen LogP contribution < -0.4 is 10.6 Å². The van der Waals surface area contributed by atoms with Gasteiger partial charge in [0.15, 0.2) is 5.76 Å². The van der Waals surface area contributed by atoms with Crippen molar-refractivity contribution in [2.24, 2.45) is 0 Å². The Morgan fingerprint density at radius 2 is 1.92 bits per heavy atom. The van der Waals surface area contributed by atoms with Crippen LogP contribution in [0.4, 0.5) is 5.69 Å². The Balaban J connectivity index is 1.85. The minimum Gasteiger partial charge on any atom is -0.450 e. The standard InChI is InChI=1S/C20H22N2O2/c1-4-21-12-15-8-6-9-16(11-15)22-20(23)19-14(3)17-10-5-7-13(2)18(17)24-19/h5-11,21H,4,12H2,1-3H3,(H,22,23). The van der Waals surface area contributed by atoms with Gasteiger partial charge in [-0.25, -0.2) is 0 Å². The first-order valence-corrected chi connectivity index (χ1v) is 8.20. The maximum Gasteiger partial charge on any atom is 0.291 e. The fourth-order valence-electron chi connectivity index (χ4n) is 2.82. The Morgan fingerprint density at radius 1 is 1.12 bits per heavy atom. The van der Waals surface area contributed by atoms with Gasteiger partial charge in [0.25, 0.3) is 5.91 Å². The second kappa shape index (κ2) is 6.89. The molecule has 0 spiro atoms. The first kappa shape index (κ1) is 16.3. The number of benzene rings is 2. The van der Waals surface area contributed by atoms with Crippen molar-refractivity contribution in [3.05, 3.63) is 64.9 Å². The zero-order valence-corrected chi connectivity index (χ0v) is 14.3. The summed E-state index contributed by atoms with van der Waals surface area (Å²) in [5, 5.41) is 7.20. The molecule has 124 valence electrons. The molecule has 4 nitrogen and oxygen atoms in total. The molecule has 24 heavy (non-hydrogen) atoms. The highest BCUT2D eigenvalue weighted by Crippen LogP contribution is 2.28. The Kier molecular flexibility index (Phi) is 4.67. The van der Waals surface area contributed by atoms with E-state index in [4.69, 9.17) is 4.42 Å². The number of para-hydroxylation sites is 1. The monoisotopic (exact) mass is 322 g/mol. The molecule has 1 aromatic heterocycles. The lowest BCUT2D eigenvalue weighted by atomic mass is 10.1. The molecule has 0 aliphatic carbocycles. The van der Waals surface area contributed by atoms with Gasteiger partial charge in [-0.3, -0.25) is 4.79 Å². The maximum absolute atomic E-state index is 12.6. The molecule has 0 saturated carbocycles. The van der Waals surface area contributed by atoms with E-state index in [2.05, 4.69) is 17.6 Å². The number of hydrogen-bond donors (Lipinski definition) is 2. The fraction of sp³-hybridized carbons (Fsp3) is 0.250. The van der Waals surface area contributed by atoms with Crippen LogP contribution in [0, 0.1) is 13.8 Å². The second-order valence-corrected chi connectivity index (χ2v) is 5.94. The summed E-state index contributed by atoms with van der Waals surface area (Å²) in [5.74, 6) is 0.153. The summed E-state index contributed by atoms with van der Waals surface area (Å²) in [6, 6.07) is 13.8. The van der Waals surface area contributed by atoms with Crippen LogP contribution in [-0.2, 0) is 6.54 Å². The Bertz CT molecular complexity index is 880. The minimum atomic E-state index is -0.219. The van der Waals surface area contributed by atoms with E-state index in [0.29, 0.717) is 5.76 Å². The zero-order valence-electron chi connectivity index (χ0n) is 14.3. The van der Waals surface area contributed by atoms with Crippen molar-refractivity contribution in [1.29, 1.82) is 0 Å². The lowest BCUT2D eigenvalue weighted by Crippen LogP contribution is -2.14. The van der Waals surface area contributed by atoms with Gasteiger partial charge in [-0.15, -0.1) is 0 Å². The van der Waals surface area contributed by atoms with Crippen molar-refractivity contribution in [1.82, 2.24) is 5.32 Å². The van der Waals surface area contributed by atoms with E-state index in [1.54, 1.807) is 0 Å². The molecule has 0 atom stereocenters. The van der Waals surface area contributed by atoms with Gasteiger partial charge in [-0.1, -0.05) is 37.3 Å². The van der Waals surface area contributed by atoms with Crippen molar-refractivity contribution in [2.75, 3.05) is 11.9 Å². The van der Waals surface area contributed by atoms with Gasteiger partial charge in [0, 0.05) is 23.2 Å². The molecule has 3 rings (SSSR count). The van der Waals surface area contributed by atoms with Gasteiger partial charge in [-0.2, -0.15) is 0 Å². The summed E-state index contributed by atoms with van der Waals surface area (Å²) < 4.78 is 5.83. The summed E-state index contributed by atoms with van der Waals surface area (Å²) in [6.45, 7) is 7.66. The lowest BCUT2D eigenvalue weighted by Gasteiger charge is -2.07. The number of furan rings is 1. The highest BCUT2D eigenvalue weighted by molar-refractivity contribution is 6.06. The lowest BCUT2D eigenvalue weighted by molar-refractivity contribution is 0.0998. The fourth-order valence-corrected chi connectivity index (χ4v) is 2.82. The van der Waals surface area contributed by atoms with Crippen LogP contribution in [0.5, 0.6) is 0 Å². The van der Waals surface area contributed by atoms with E-state index < -0.39 is 0 Å². The number of anilines is 1. The third kappa shape index (κ3) is 3.19. The highest BCUT2D eigenvalue weighted by atomic mass is 16.3. The van der Waals surface area contributed by atoms with E-state index in [9.17, 15) is 4.79 Å². The summed E-state index contributed by atoms with van der Waals surface area (Å²) in [4.78, 5) is 12.6. The highest BCUT2D eigenvalue weighted by Gasteiger charge is 2.18. The molecule has 0 bridgehead atoms. The number of nitrogens with one attached hydrogen (secondary N) is 2. The third-order valence-electron chi connectivity index (χ3n) is 4.13. The largest absolute Gasteiger partial charge is 0.450 e. The second-order valence-electron chi connectivity index (χ2n) is 5.94. The van der Waals surface area contributed by atoms with Gasteiger partial charge < -0.3 is 15.1 Å². The van der Waals surface area contributed by atoms with Crippen LogP contribution in [0.1, 0.15) is 34.2 Å². The van der Waals surface area contributed by atoms with Crippen LogP contribution in [0.25, 0.3) is 11.0 Å². The van der Waals surface area contributed by atoms with E-state index >= 15 is 0 Å². The first-order valence-electron chi connectivity index (χ1n) is 8.20. The minimum absolute atomic E-state index is 0.219. The number of carbonyl (C=O) groups excluding carboxylic acids is 1. The van der Waals surface area contributed by atoms with Crippen LogP contribution in [0.3, 0.4) is 0 Å². The van der Waals surface area contributed by atoms with E-state index in [1.165, 1.54) is 0 Å². The first-order chi connectivity index (χ1) is 11.6. The third-order valence-corrected chi connectivity index (χ3v) is 4.13. The molecule has 0 fully saturated rings. The number of rotatable bonds is 5.